The van der Waals surface area contributed by atoms with Crippen LogP contribution in [0.15, 0.2) is 36.7 Å². The fourth-order valence-corrected chi connectivity index (χ4v) is 5.26. The minimum atomic E-state index is -0.409. The molecule has 0 amide bonds. The molecule has 0 saturated carbocycles. The number of anilines is 2. The number of aromatic nitrogens is 5. The van der Waals surface area contributed by atoms with Crippen LogP contribution in [0.4, 0.5) is 10.8 Å². The summed E-state index contributed by atoms with van der Waals surface area (Å²) in [4.78, 5) is 6.91. The van der Waals surface area contributed by atoms with Crippen LogP contribution >= 0.6 is 11.3 Å². The van der Waals surface area contributed by atoms with Crippen LogP contribution in [-0.2, 0) is 4.74 Å². The summed E-state index contributed by atoms with van der Waals surface area (Å²) in [6.07, 6.45) is 4.98. The highest BCUT2D eigenvalue weighted by atomic mass is 32.1. The summed E-state index contributed by atoms with van der Waals surface area (Å²) < 4.78 is 7.47. The number of hydrogen-bond acceptors (Lipinski definition) is 10. The van der Waals surface area contributed by atoms with Gasteiger partial charge in [0, 0.05) is 31.4 Å². The first-order valence-electron chi connectivity index (χ1n) is 10.9. The van der Waals surface area contributed by atoms with E-state index in [-0.39, 0.29) is 12.2 Å². The average Bonchev–Trinajstić information content (AvgIpc) is 3.51. The molecule has 4 aromatic heterocycles. The number of morpholine rings is 1. The molecule has 0 aromatic carbocycles. The second kappa shape index (κ2) is 8.06. The van der Waals surface area contributed by atoms with Crippen LogP contribution < -0.4 is 10.2 Å². The zero-order chi connectivity index (χ0) is 23.2. The van der Waals surface area contributed by atoms with Crippen molar-refractivity contribution in [2.24, 2.45) is 0 Å². The fraction of sp³-hybridized carbons (Fsp3) is 0.304. The second-order valence-electron chi connectivity index (χ2n) is 8.43. The third-order valence-corrected chi connectivity index (χ3v) is 7.05. The Morgan fingerprint density at radius 3 is 2.76 bits per heavy atom. The third kappa shape index (κ3) is 3.52. The highest BCUT2D eigenvalue weighted by molar-refractivity contribution is 7.18. The molecule has 11 heteroatoms. The van der Waals surface area contributed by atoms with Crippen molar-refractivity contribution in [1.82, 2.24) is 24.8 Å². The maximum atomic E-state index is 9.39. The monoisotopic (exact) mass is 469 g/mol. The molecule has 7 rings (SSSR count). The second-order valence-corrected chi connectivity index (χ2v) is 9.39. The SMILES string of the molecule is CC(C#N)Nc1cc(-c2ccc3cc(C#N)cnn23)ncc1-c1nnc(N2CC3CC(C2)O3)s1. The van der Waals surface area contributed by atoms with Gasteiger partial charge in [-0.1, -0.05) is 11.3 Å². The molecule has 168 valence electrons. The number of nitrogens with zero attached hydrogens (tertiary/aromatic N) is 8. The van der Waals surface area contributed by atoms with E-state index < -0.39 is 6.04 Å². The maximum Gasteiger partial charge on any atom is 0.208 e. The van der Waals surface area contributed by atoms with Crippen molar-refractivity contribution >= 4 is 27.7 Å². The van der Waals surface area contributed by atoms with Gasteiger partial charge in [0.05, 0.1) is 52.5 Å². The fourth-order valence-electron chi connectivity index (χ4n) is 4.37. The van der Waals surface area contributed by atoms with Gasteiger partial charge in [-0.05, 0) is 31.2 Å². The minimum absolute atomic E-state index is 0.287. The van der Waals surface area contributed by atoms with Crippen molar-refractivity contribution in [1.29, 1.82) is 10.5 Å². The molecular weight excluding hydrogens is 450 g/mol. The first kappa shape index (κ1) is 20.5. The van der Waals surface area contributed by atoms with Gasteiger partial charge in [-0.25, -0.2) is 4.52 Å². The van der Waals surface area contributed by atoms with E-state index in [1.165, 1.54) is 17.5 Å². The molecule has 0 spiro atoms. The topological polar surface area (TPSA) is 128 Å². The van der Waals surface area contributed by atoms with E-state index in [9.17, 15) is 5.26 Å². The standard InChI is InChI=1S/C23H19N9OS/c1-13(7-24)28-19-6-20(21-3-2-15-4-14(8-25)9-27-32(15)21)26-10-18(19)22-29-30-23(34-22)31-11-16-5-17(12-31)33-16/h2-4,6,9-10,13,16-17H,5,11-12H2,1H3,(H,26,28). The lowest BCUT2D eigenvalue weighted by Gasteiger charge is -2.46. The first-order chi connectivity index (χ1) is 16.6. The Balaban J connectivity index is 1.37. The predicted octanol–water partition coefficient (Wildman–Crippen LogP) is 3.09. The van der Waals surface area contributed by atoms with Gasteiger partial charge in [-0.2, -0.15) is 15.6 Å². The van der Waals surface area contributed by atoms with E-state index >= 15 is 0 Å². The molecule has 1 N–H and O–H groups in total. The van der Waals surface area contributed by atoms with E-state index in [0.29, 0.717) is 11.3 Å². The Bertz CT molecular complexity index is 1460. The van der Waals surface area contributed by atoms with Gasteiger partial charge in [-0.15, -0.1) is 10.2 Å². The summed E-state index contributed by atoms with van der Waals surface area (Å²) in [6, 6.07) is 11.4. The molecule has 0 aliphatic carbocycles. The molecule has 34 heavy (non-hydrogen) atoms. The molecule has 3 atom stereocenters. The van der Waals surface area contributed by atoms with Gasteiger partial charge in [0.1, 0.15) is 12.1 Å². The van der Waals surface area contributed by atoms with E-state index in [0.717, 1.165) is 52.1 Å². The van der Waals surface area contributed by atoms with Crippen LogP contribution in [0.5, 0.6) is 0 Å². The zero-order valence-corrected chi connectivity index (χ0v) is 19.0. The lowest BCUT2D eigenvalue weighted by Crippen LogP contribution is -2.57. The van der Waals surface area contributed by atoms with Crippen LogP contribution in [0.25, 0.3) is 27.5 Å². The van der Waals surface area contributed by atoms with E-state index in [1.807, 2.05) is 18.2 Å². The number of piperidine rings is 1. The Hall–Kier alpha value is -4.06. The average molecular weight is 470 g/mol. The number of fused-ring (bicyclic) bond motifs is 3. The van der Waals surface area contributed by atoms with E-state index in [4.69, 9.17) is 10.00 Å². The van der Waals surface area contributed by atoms with Crippen molar-refractivity contribution < 1.29 is 4.74 Å². The number of pyridine rings is 1. The number of ether oxygens (including phenoxy) is 1. The number of hydrogen-bond donors (Lipinski definition) is 1. The summed E-state index contributed by atoms with van der Waals surface area (Å²) in [6.45, 7) is 3.47. The molecule has 0 radical (unpaired) electrons. The number of nitriles is 2. The molecule has 3 aliphatic rings. The largest absolute Gasteiger partial charge is 0.371 e. The maximum absolute atomic E-state index is 9.39. The summed E-state index contributed by atoms with van der Waals surface area (Å²) in [5, 5.41) is 36.6. The summed E-state index contributed by atoms with van der Waals surface area (Å²) in [5.74, 6) is 0. The summed E-state index contributed by atoms with van der Waals surface area (Å²) in [5.41, 5.74) is 4.30. The first-order valence-corrected chi connectivity index (χ1v) is 11.7. The Labute approximate surface area is 199 Å². The van der Waals surface area contributed by atoms with Crippen LogP contribution in [0, 0.1) is 22.7 Å². The van der Waals surface area contributed by atoms with Gasteiger partial charge >= 0.3 is 0 Å². The van der Waals surface area contributed by atoms with Gasteiger partial charge in [-0.3, -0.25) is 4.98 Å². The van der Waals surface area contributed by atoms with Crippen LogP contribution in [0.1, 0.15) is 18.9 Å². The molecule has 3 saturated heterocycles. The highest BCUT2D eigenvalue weighted by Crippen LogP contribution is 2.38. The Kier molecular flexibility index (Phi) is 4.87. The molecule has 3 unspecified atom stereocenters. The van der Waals surface area contributed by atoms with Crippen molar-refractivity contribution in [3.05, 3.63) is 42.2 Å². The van der Waals surface area contributed by atoms with Gasteiger partial charge in [0.25, 0.3) is 0 Å². The van der Waals surface area contributed by atoms with Crippen LogP contribution in [-0.4, -0.2) is 56.1 Å². The molecule has 7 heterocycles. The highest BCUT2D eigenvalue weighted by Gasteiger charge is 2.39. The summed E-state index contributed by atoms with van der Waals surface area (Å²) >= 11 is 1.51. The molecule has 4 aromatic rings. The molecular formula is C23H19N9OS. The molecule has 10 nitrogen and oxygen atoms in total. The van der Waals surface area contributed by atoms with Gasteiger partial charge in [0.2, 0.25) is 5.13 Å². The van der Waals surface area contributed by atoms with Crippen molar-refractivity contribution in [3.8, 4) is 34.1 Å². The zero-order valence-electron chi connectivity index (χ0n) is 18.2. The quantitative estimate of drug-likeness (QED) is 0.469. The number of rotatable bonds is 5. The van der Waals surface area contributed by atoms with Crippen molar-refractivity contribution in [2.75, 3.05) is 23.3 Å². The van der Waals surface area contributed by atoms with Crippen LogP contribution in [0.3, 0.4) is 0 Å². The Morgan fingerprint density at radius 1 is 1.18 bits per heavy atom. The number of nitrogens with one attached hydrogen (secondary N) is 1. The van der Waals surface area contributed by atoms with Gasteiger partial charge in [0.15, 0.2) is 5.01 Å². The molecule has 3 aliphatic heterocycles. The lowest BCUT2D eigenvalue weighted by atomic mass is 9.99. The normalized spacial score (nSPS) is 19.8. The van der Waals surface area contributed by atoms with Crippen molar-refractivity contribution in [2.45, 2.75) is 31.6 Å². The van der Waals surface area contributed by atoms with Crippen LogP contribution in [0.2, 0.25) is 0 Å². The lowest BCUT2D eigenvalue weighted by molar-refractivity contribution is -0.133. The Morgan fingerprint density at radius 2 is 2.00 bits per heavy atom. The minimum Gasteiger partial charge on any atom is -0.371 e. The molecule has 2 bridgehead atoms. The predicted molar refractivity (Wildman–Crippen MR) is 126 cm³/mol. The van der Waals surface area contributed by atoms with E-state index in [1.54, 1.807) is 23.7 Å². The summed E-state index contributed by atoms with van der Waals surface area (Å²) in [7, 11) is 0. The third-order valence-electron chi connectivity index (χ3n) is 6.04. The van der Waals surface area contributed by atoms with E-state index in [2.05, 4.69) is 42.6 Å². The van der Waals surface area contributed by atoms with Crippen molar-refractivity contribution in [3.63, 3.8) is 0 Å². The smallest absolute Gasteiger partial charge is 0.208 e. The van der Waals surface area contributed by atoms with Gasteiger partial charge < -0.3 is 15.0 Å². The molecule has 3 fully saturated rings.